The maximum Gasteiger partial charge on any atom is 0.267 e. The van der Waals surface area contributed by atoms with E-state index in [2.05, 4.69) is 5.32 Å². The molecule has 5 heteroatoms. The van der Waals surface area contributed by atoms with Gasteiger partial charge in [0.1, 0.15) is 0 Å². The van der Waals surface area contributed by atoms with Gasteiger partial charge >= 0.3 is 0 Å². The molecule has 92 valence electrons. The number of likely N-dealkylation sites (tertiary alicyclic amines) is 1. The molecule has 0 aromatic rings. The largest absolute Gasteiger partial charge is 0.336 e. The van der Waals surface area contributed by atoms with Crippen LogP contribution in [-0.2, 0) is 4.79 Å². The van der Waals surface area contributed by atoms with Gasteiger partial charge in [0, 0.05) is 19.4 Å². The van der Waals surface area contributed by atoms with E-state index >= 15 is 0 Å². The van der Waals surface area contributed by atoms with Gasteiger partial charge in [-0.05, 0) is 31.8 Å². The van der Waals surface area contributed by atoms with Gasteiger partial charge in [-0.3, -0.25) is 4.79 Å². The smallest absolute Gasteiger partial charge is 0.267 e. The number of piperidine rings is 1. The predicted molar refractivity (Wildman–Crippen MR) is 56.4 cm³/mol. The molecule has 2 aliphatic rings. The van der Waals surface area contributed by atoms with Crippen LogP contribution in [0.5, 0.6) is 0 Å². The van der Waals surface area contributed by atoms with E-state index in [9.17, 15) is 13.6 Å². The summed E-state index contributed by atoms with van der Waals surface area (Å²) < 4.78 is 25.9. The molecule has 0 spiro atoms. The summed E-state index contributed by atoms with van der Waals surface area (Å²) in [6, 6.07) is 0. The van der Waals surface area contributed by atoms with Crippen molar-refractivity contribution in [3.8, 4) is 0 Å². The minimum absolute atomic E-state index is 0.0934. The lowest BCUT2D eigenvalue weighted by Gasteiger charge is -2.24. The van der Waals surface area contributed by atoms with Crippen molar-refractivity contribution in [3.63, 3.8) is 0 Å². The van der Waals surface area contributed by atoms with E-state index < -0.39 is 5.92 Å². The highest BCUT2D eigenvalue weighted by molar-refractivity contribution is 5.76. The number of hydrogen-bond acceptors (Lipinski definition) is 2. The fourth-order valence-corrected chi connectivity index (χ4v) is 2.41. The zero-order valence-corrected chi connectivity index (χ0v) is 9.35. The second-order valence-corrected chi connectivity index (χ2v) is 4.82. The monoisotopic (exact) mass is 232 g/mol. The van der Waals surface area contributed by atoms with Gasteiger partial charge in [0.15, 0.2) is 0 Å². The number of rotatable bonds is 2. The number of carbonyl (C=O) groups is 1. The van der Waals surface area contributed by atoms with Crippen molar-refractivity contribution in [2.24, 2.45) is 5.92 Å². The van der Waals surface area contributed by atoms with Gasteiger partial charge < -0.3 is 10.2 Å². The molecule has 16 heavy (non-hydrogen) atoms. The van der Waals surface area contributed by atoms with Gasteiger partial charge in [0.2, 0.25) is 5.91 Å². The Hall–Kier alpha value is -0.710. The molecule has 3 nitrogen and oxygen atoms in total. The molecule has 0 aromatic heterocycles. The molecule has 0 aliphatic carbocycles. The fraction of sp³-hybridized carbons (Fsp3) is 0.909. The number of carbonyl (C=O) groups excluding carboxylic acids is 1. The van der Waals surface area contributed by atoms with Crippen LogP contribution >= 0.6 is 0 Å². The summed E-state index contributed by atoms with van der Waals surface area (Å²) in [5.74, 6) is -2.38. The Kier molecular flexibility index (Phi) is 3.42. The third-order valence-electron chi connectivity index (χ3n) is 3.44. The lowest BCUT2D eigenvalue weighted by Crippen LogP contribution is -2.35. The molecule has 2 fully saturated rings. The summed E-state index contributed by atoms with van der Waals surface area (Å²) in [5.41, 5.74) is 0. The van der Waals surface area contributed by atoms with E-state index in [1.807, 2.05) is 0 Å². The van der Waals surface area contributed by atoms with Crippen LogP contribution in [0.4, 0.5) is 8.78 Å². The second-order valence-electron chi connectivity index (χ2n) is 4.82. The zero-order valence-electron chi connectivity index (χ0n) is 9.35. The first kappa shape index (κ1) is 11.8. The molecular weight excluding hydrogens is 214 g/mol. The molecule has 1 N–H and O–H groups in total. The van der Waals surface area contributed by atoms with Crippen LogP contribution in [0, 0.1) is 5.92 Å². The van der Waals surface area contributed by atoms with E-state index in [1.54, 1.807) is 0 Å². The summed E-state index contributed by atoms with van der Waals surface area (Å²) in [4.78, 5) is 13.1. The average molecular weight is 232 g/mol. The molecule has 0 bridgehead atoms. The third-order valence-corrected chi connectivity index (χ3v) is 3.44. The Morgan fingerprint density at radius 3 is 2.62 bits per heavy atom. The van der Waals surface area contributed by atoms with Crippen molar-refractivity contribution < 1.29 is 13.6 Å². The van der Waals surface area contributed by atoms with Gasteiger partial charge in [-0.2, -0.15) is 0 Å². The van der Waals surface area contributed by atoms with Crippen LogP contribution in [0.1, 0.15) is 25.7 Å². The van der Waals surface area contributed by atoms with E-state index in [0.29, 0.717) is 12.3 Å². The second kappa shape index (κ2) is 4.65. The molecule has 0 saturated carbocycles. The van der Waals surface area contributed by atoms with Crippen LogP contribution in [0.15, 0.2) is 0 Å². The molecule has 0 aromatic carbocycles. The van der Waals surface area contributed by atoms with Crippen molar-refractivity contribution in [2.75, 3.05) is 26.2 Å². The van der Waals surface area contributed by atoms with Crippen molar-refractivity contribution in [3.05, 3.63) is 0 Å². The van der Waals surface area contributed by atoms with Crippen molar-refractivity contribution in [1.82, 2.24) is 10.2 Å². The van der Waals surface area contributed by atoms with E-state index in [1.165, 1.54) is 4.90 Å². The van der Waals surface area contributed by atoms with Crippen LogP contribution < -0.4 is 5.32 Å². The summed E-state index contributed by atoms with van der Waals surface area (Å²) in [6.07, 6.45) is 2.23. The standard InChI is InChI=1S/C11H18F2N2O/c12-11(13)3-6-15(8-11)10(16)7-9-1-4-14-5-2-9/h9,14H,1-8H2. The summed E-state index contributed by atoms with van der Waals surface area (Å²) >= 11 is 0. The zero-order chi connectivity index (χ0) is 11.6. The number of hydrogen-bond donors (Lipinski definition) is 1. The first-order valence-electron chi connectivity index (χ1n) is 5.93. The lowest BCUT2D eigenvalue weighted by molar-refractivity contribution is -0.132. The minimum Gasteiger partial charge on any atom is -0.336 e. The van der Waals surface area contributed by atoms with Crippen LogP contribution in [-0.4, -0.2) is 42.9 Å². The molecule has 0 atom stereocenters. The van der Waals surface area contributed by atoms with E-state index in [-0.39, 0.29) is 25.4 Å². The number of alkyl halides is 2. The third kappa shape index (κ3) is 2.90. The van der Waals surface area contributed by atoms with Gasteiger partial charge in [-0.1, -0.05) is 0 Å². The molecule has 1 amide bonds. The normalized spacial score (nSPS) is 26.0. The molecule has 2 heterocycles. The highest BCUT2D eigenvalue weighted by atomic mass is 19.3. The van der Waals surface area contributed by atoms with Crippen molar-refractivity contribution in [2.45, 2.75) is 31.6 Å². The molecule has 2 rings (SSSR count). The van der Waals surface area contributed by atoms with Crippen LogP contribution in [0.2, 0.25) is 0 Å². The summed E-state index contributed by atoms with van der Waals surface area (Å²) in [6.45, 7) is 1.72. The highest BCUT2D eigenvalue weighted by Gasteiger charge is 2.40. The highest BCUT2D eigenvalue weighted by Crippen LogP contribution is 2.28. The Balaban J connectivity index is 1.79. The van der Waals surface area contributed by atoms with E-state index in [4.69, 9.17) is 0 Å². The van der Waals surface area contributed by atoms with Gasteiger partial charge in [0.05, 0.1) is 6.54 Å². The molecule has 2 saturated heterocycles. The number of nitrogens with zero attached hydrogens (tertiary/aromatic N) is 1. The van der Waals surface area contributed by atoms with E-state index in [0.717, 1.165) is 25.9 Å². The number of halogens is 2. The van der Waals surface area contributed by atoms with Gasteiger partial charge in [0.25, 0.3) is 5.92 Å². The first-order valence-corrected chi connectivity index (χ1v) is 5.93. The Labute approximate surface area is 94.2 Å². The topological polar surface area (TPSA) is 32.3 Å². The lowest BCUT2D eigenvalue weighted by atomic mass is 9.94. The number of nitrogens with one attached hydrogen (secondary N) is 1. The summed E-state index contributed by atoms with van der Waals surface area (Å²) in [5, 5.41) is 3.23. The fourth-order valence-electron chi connectivity index (χ4n) is 2.41. The Morgan fingerprint density at radius 1 is 1.38 bits per heavy atom. The van der Waals surface area contributed by atoms with Crippen LogP contribution in [0.25, 0.3) is 0 Å². The molecule has 0 radical (unpaired) electrons. The summed E-state index contributed by atoms with van der Waals surface area (Å²) in [7, 11) is 0. The van der Waals surface area contributed by atoms with Crippen molar-refractivity contribution in [1.29, 1.82) is 0 Å². The molecule has 0 unspecified atom stereocenters. The Morgan fingerprint density at radius 2 is 2.06 bits per heavy atom. The first-order chi connectivity index (χ1) is 7.57. The maximum atomic E-state index is 12.9. The quantitative estimate of drug-likeness (QED) is 0.777. The maximum absolute atomic E-state index is 12.9. The Bertz CT molecular complexity index is 265. The number of amides is 1. The van der Waals surface area contributed by atoms with Crippen LogP contribution in [0.3, 0.4) is 0 Å². The predicted octanol–water partition coefficient (Wildman–Crippen LogP) is 1.24. The SMILES string of the molecule is O=C(CC1CCNCC1)N1CCC(F)(F)C1. The molecule has 2 aliphatic heterocycles. The average Bonchev–Trinajstić information content (AvgIpc) is 2.60. The van der Waals surface area contributed by atoms with Gasteiger partial charge in [-0.25, -0.2) is 8.78 Å². The molecular formula is C11H18F2N2O. The van der Waals surface area contributed by atoms with Gasteiger partial charge in [-0.15, -0.1) is 0 Å². The minimum atomic E-state index is -2.66. The van der Waals surface area contributed by atoms with Crippen molar-refractivity contribution >= 4 is 5.91 Å².